The van der Waals surface area contributed by atoms with E-state index in [4.69, 9.17) is 0 Å². The van der Waals surface area contributed by atoms with Crippen LogP contribution in [0.25, 0.3) is 60.2 Å². The zero-order chi connectivity index (χ0) is 34.4. The molecule has 52 heavy (non-hydrogen) atoms. The molecule has 0 saturated carbocycles. The molecule has 0 saturated heterocycles. The fraction of sp³-hybridized carbons (Fsp3) is 0.0400. The summed E-state index contributed by atoms with van der Waals surface area (Å²) < 4.78 is 2.43. The van der Waals surface area contributed by atoms with Crippen LogP contribution in [0.1, 0.15) is 17.9 Å². The van der Waals surface area contributed by atoms with Gasteiger partial charge in [-0.1, -0.05) is 158 Å². The van der Waals surface area contributed by atoms with Crippen LogP contribution in [0, 0.1) is 0 Å². The molecule has 1 aliphatic carbocycles. The maximum atomic E-state index is 2.51. The Kier molecular flexibility index (Phi) is 7.32. The molecule has 8 aromatic carbocycles. The quantitative estimate of drug-likeness (QED) is 0.172. The highest BCUT2D eigenvalue weighted by Gasteiger charge is 2.25. The summed E-state index contributed by atoms with van der Waals surface area (Å²) in [5, 5.41) is 7.44. The number of aromatic nitrogens is 1. The highest BCUT2D eigenvalue weighted by Crippen LogP contribution is 2.47. The van der Waals surface area contributed by atoms with Crippen molar-refractivity contribution in [2.24, 2.45) is 0 Å². The number of benzene rings is 8. The molecule has 246 valence electrons. The smallest absolute Gasteiger partial charge is 0.0640 e. The van der Waals surface area contributed by atoms with E-state index in [1.54, 1.807) is 0 Å². The van der Waals surface area contributed by atoms with Crippen molar-refractivity contribution in [3.63, 3.8) is 0 Å². The number of hydrogen-bond acceptors (Lipinski definition) is 1. The minimum Gasteiger partial charge on any atom is -0.310 e. The molecule has 2 nitrogen and oxygen atoms in total. The average molecular weight is 665 g/mol. The molecule has 1 heterocycles. The van der Waals surface area contributed by atoms with E-state index in [0.717, 1.165) is 17.8 Å². The van der Waals surface area contributed by atoms with E-state index in [1.807, 2.05) is 0 Å². The summed E-state index contributed by atoms with van der Waals surface area (Å²) in [4.78, 5) is 2.51. The molecule has 1 unspecified atom stereocenters. The lowest BCUT2D eigenvalue weighted by Gasteiger charge is -2.31. The largest absolute Gasteiger partial charge is 0.310 e. The molecular weight excluding hydrogens is 629 g/mol. The molecule has 10 rings (SSSR count). The maximum absolute atomic E-state index is 2.51. The maximum Gasteiger partial charge on any atom is 0.0640 e. The predicted molar refractivity (Wildman–Crippen MR) is 221 cm³/mol. The average Bonchev–Trinajstić information content (AvgIpc) is 3.55. The van der Waals surface area contributed by atoms with Gasteiger partial charge in [-0.05, 0) is 81.7 Å². The Labute approximate surface area is 303 Å². The molecule has 2 heteroatoms. The van der Waals surface area contributed by atoms with Crippen LogP contribution in [0.15, 0.2) is 206 Å². The highest BCUT2D eigenvalue weighted by atomic mass is 15.2. The van der Waals surface area contributed by atoms with E-state index in [9.17, 15) is 0 Å². The van der Waals surface area contributed by atoms with Crippen molar-refractivity contribution in [2.45, 2.75) is 12.3 Å². The van der Waals surface area contributed by atoms with Crippen LogP contribution in [0.2, 0.25) is 0 Å². The molecule has 0 spiro atoms. The first-order chi connectivity index (χ1) is 25.8. The van der Waals surface area contributed by atoms with Crippen molar-refractivity contribution in [1.82, 2.24) is 4.57 Å². The van der Waals surface area contributed by atoms with Crippen molar-refractivity contribution in [3.8, 4) is 16.8 Å². The summed E-state index contributed by atoms with van der Waals surface area (Å²) in [6, 6.07) is 66.2. The summed E-state index contributed by atoms with van der Waals surface area (Å²) in [5.41, 5.74) is 10.9. The van der Waals surface area contributed by atoms with Gasteiger partial charge in [0, 0.05) is 39.1 Å². The summed E-state index contributed by atoms with van der Waals surface area (Å²) in [7, 11) is 0. The Morgan fingerprint density at radius 2 is 1.17 bits per heavy atom. The van der Waals surface area contributed by atoms with Crippen LogP contribution in [0.3, 0.4) is 0 Å². The summed E-state index contributed by atoms with van der Waals surface area (Å²) in [6.45, 7) is 0. The Morgan fingerprint density at radius 1 is 0.519 bits per heavy atom. The first-order valence-electron chi connectivity index (χ1n) is 18.1. The van der Waals surface area contributed by atoms with Crippen molar-refractivity contribution in [3.05, 3.63) is 211 Å². The lowest BCUT2D eigenvalue weighted by atomic mass is 9.91. The fourth-order valence-electron chi connectivity index (χ4n) is 8.25. The molecular formula is C50H36N2. The van der Waals surface area contributed by atoms with Gasteiger partial charge in [-0.3, -0.25) is 0 Å². The standard InChI is InChI=1S/C50H36N2/c1-3-14-35(15-4-1)36-26-30-41(31-27-36)51(42-32-28-38(29-33-42)44-24-13-18-37-16-7-9-21-43(37)44)50-45-22-10-8-17-39(45)34-48-49(50)46-23-11-12-25-47(46)52(48)40-19-5-2-6-20-40/h1-26,28-34,36H,27H2. The third-order valence-electron chi connectivity index (χ3n) is 10.7. The Bertz CT molecular complexity index is 2800. The van der Waals surface area contributed by atoms with E-state index < -0.39 is 0 Å². The normalized spacial score (nSPS) is 14.3. The van der Waals surface area contributed by atoms with Crippen LogP contribution in [-0.4, -0.2) is 4.57 Å². The zero-order valence-electron chi connectivity index (χ0n) is 28.7. The van der Waals surface area contributed by atoms with Gasteiger partial charge in [-0.2, -0.15) is 0 Å². The van der Waals surface area contributed by atoms with E-state index in [2.05, 4.69) is 210 Å². The van der Waals surface area contributed by atoms with Gasteiger partial charge < -0.3 is 9.47 Å². The summed E-state index contributed by atoms with van der Waals surface area (Å²) in [5.74, 6) is 0.341. The number of hydrogen-bond donors (Lipinski definition) is 0. The molecule has 0 aliphatic heterocycles. The van der Waals surface area contributed by atoms with Crippen LogP contribution >= 0.6 is 0 Å². The Morgan fingerprint density at radius 3 is 1.94 bits per heavy atom. The third kappa shape index (κ3) is 5.03. The topological polar surface area (TPSA) is 8.17 Å². The molecule has 9 aromatic rings. The number of fused-ring (bicyclic) bond motifs is 5. The number of nitrogens with zero attached hydrogens (tertiary/aromatic N) is 2. The van der Waals surface area contributed by atoms with E-state index in [-0.39, 0.29) is 0 Å². The molecule has 0 radical (unpaired) electrons. The van der Waals surface area contributed by atoms with Gasteiger partial charge >= 0.3 is 0 Å². The Balaban J connectivity index is 1.23. The van der Waals surface area contributed by atoms with Crippen LogP contribution in [0.4, 0.5) is 11.4 Å². The molecule has 1 atom stereocenters. The minimum absolute atomic E-state index is 0.341. The SMILES string of the molecule is C1=CC(c2ccccc2)CC=C1N(c1ccc(-c2cccc3ccccc23)cc1)c1c2ccccc2cc2c1c1ccccc1n2-c1ccccc1. The van der Waals surface area contributed by atoms with Crippen molar-refractivity contribution in [2.75, 3.05) is 4.90 Å². The van der Waals surface area contributed by atoms with Crippen LogP contribution in [0.5, 0.6) is 0 Å². The van der Waals surface area contributed by atoms with E-state index >= 15 is 0 Å². The molecule has 1 aliphatic rings. The summed E-state index contributed by atoms with van der Waals surface area (Å²) >= 11 is 0. The molecule has 0 amide bonds. The fourth-order valence-corrected chi connectivity index (χ4v) is 8.25. The Hall–Kier alpha value is -6.64. The predicted octanol–water partition coefficient (Wildman–Crippen LogP) is 13.5. The van der Waals surface area contributed by atoms with Crippen LogP contribution < -0.4 is 4.90 Å². The van der Waals surface area contributed by atoms with Gasteiger partial charge in [0.25, 0.3) is 0 Å². The van der Waals surface area contributed by atoms with Crippen molar-refractivity contribution < 1.29 is 0 Å². The minimum atomic E-state index is 0.341. The number of allylic oxidation sites excluding steroid dienone is 3. The molecule has 1 aromatic heterocycles. The first-order valence-corrected chi connectivity index (χ1v) is 18.1. The number of anilines is 2. The van der Waals surface area contributed by atoms with Crippen molar-refractivity contribution in [1.29, 1.82) is 0 Å². The zero-order valence-corrected chi connectivity index (χ0v) is 28.7. The monoisotopic (exact) mass is 664 g/mol. The second kappa shape index (κ2) is 12.6. The lowest BCUT2D eigenvalue weighted by molar-refractivity contribution is 0.840. The van der Waals surface area contributed by atoms with Gasteiger partial charge in [-0.15, -0.1) is 0 Å². The molecule has 0 bridgehead atoms. The number of para-hydroxylation sites is 2. The number of rotatable bonds is 6. The van der Waals surface area contributed by atoms with Gasteiger partial charge in [0.15, 0.2) is 0 Å². The second-order valence-corrected chi connectivity index (χ2v) is 13.7. The highest BCUT2D eigenvalue weighted by molar-refractivity contribution is 6.23. The molecule has 0 N–H and O–H groups in total. The van der Waals surface area contributed by atoms with Crippen LogP contribution in [-0.2, 0) is 0 Å². The van der Waals surface area contributed by atoms with E-state index in [0.29, 0.717) is 5.92 Å². The van der Waals surface area contributed by atoms with Gasteiger partial charge in [0.1, 0.15) is 0 Å². The van der Waals surface area contributed by atoms with Gasteiger partial charge in [0.05, 0.1) is 16.7 Å². The van der Waals surface area contributed by atoms with Gasteiger partial charge in [0.2, 0.25) is 0 Å². The summed E-state index contributed by atoms with van der Waals surface area (Å²) in [6.07, 6.45) is 8.09. The second-order valence-electron chi connectivity index (χ2n) is 13.7. The lowest BCUT2D eigenvalue weighted by Crippen LogP contribution is -2.18. The van der Waals surface area contributed by atoms with Gasteiger partial charge in [-0.25, -0.2) is 0 Å². The van der Waals surface area contributed by atoms with E-state index in [1.165, 1.54) is 71.4 Å². The third-order valence-corrected chi connectivity index (χ3v) is 10.7. The first kappa shape index (κ1) is 30.2. The molecule has 0 fully saturated rings. The van der Waals surface area contributed by atoms with Crippen molar-refractivity contribution >= 4 is 54.7 Å².